The van der Waals surface area contributed by atoms with Crippen molar-refractivity contribution in [3.63, 3.8) is 0 Å². The highest BCUT2D eigenvalue weighted by Crippen LogP contribution is 2.40. The quantitative estimate of drug-likeness (QED) is 0.617. The van der Waals surface area contributed by atoms with E-state index in [9.17, 15) is 13.2 Å². The van der Waals surface area contributed by atoms with E-state index in [0.717, 1.165) is 50.0 Å². The number of aromatic nitrogens is 2. The maximum atomic E-state index is 13.4. The number of amides is 1. The molecule has 1 amide bonds. The minimum absolute atomic E-state index is 0.192. The minimum Gasteiger partial charge on any atom is -0.348 e. The molecule has 8 nitrogen and oxygen atoms in total. The van der Waals surface area contributed by atoms with Gasteiger partial charge in [-0.2, -0.15) is 4.31 Å². The van der Waals surface area contributed by atoms with E-state index >= 15 is 0 Å². The van der Waals surface area contributed by atoms with Gasteiger partial charge in [-0.15, -0.1) is 0 Å². The van der Waals surface area contributed by atoms with Gasteiger partial charge in [0.15, 0.2) is 0 Å². The van der Waals surface area contributed by atoms with Crippen molar-refractivity contribution in [1.82, 2.24) is 24.3 Å². The molecule has 2 aliphatic rings. The summed E-state index contributed by atoms with van der Waals surface area (Å²) in [5.74, 6) is -0.192. The lowest BCUT2D eigenvalue weighted by molar-refractivity contribution is 0.0950. The summed E-state index contributed by atoms with van der Waals surface area (Å²) < 4.78 is 30.3. The number of hydrogen-bond donors (Lipinski definition) is 2. The van der Waals surface area contributed by atoms with Crippen LogP contribution in [-0.2, 0) is 16.6 Å². The van der Waals surface area contributed by atoms with Gasteiger partial charge in [0.25, 0.3) is 5.91 Å². The zero-order valence-corrected chi connectivity index (χ0v) is 18.6. The average molecular weight is 454 g/mol. The third kappa shape index (κ3) is 3.80. The van der Waals surface area contributed by atoms with Crippen LogP contribution in [0.5, 0.6) is 0 Å². The first-order valence-electron chi connectivity index (χ1n) is 11.0. The van der Waals surface area contributed by atoms with Crippen molar-refractivity contribution in [2.75, 3.05) is 19.6 Å². The van der Waals surface area contributed by atoms with Gasteiger partial charge in [0, 0.05) is 37.2 Å². The Morgan fingerprint density at radius 1 is 1.09 bits per heavy atom. The molecule has 0 radical (unpaired) electrons. The molecule has 2 aromatic heterocycles. The van der Waals surface area contributed by atoms with Gasteiger partial charge < -0.3 is 15.0 Å². The molecular formula is C23H27N5O3S. The minimum atomic E-state index is -3.54. The lowest BCUT2D eigenvalue weighted by Gasteiger charge is -2.40. The predicted molar refractivity (Wildman–Crippen MR) is 121 cm³/mol. The number of benzene rings is 1. The molecule has 0 bridgehead atoms. The fourth-order valence-corrected chi connectivity index (χ4v) is 6.81. The smallest absolute Gasteiger partial charge is 0.253 e. The van der Waals surface area contributed by atoms with Crippen molar-refractivity contribution < 1.29 is 13.2 Å². The van der Waals surface area contributed by atoms with E-state index in [2.05, 4.69) is 15.6 Å². The van der Waals surface area contributed by atoms with Crippen LogP contribution >= 0.6 is 0 Å². The maximum absolute atomic E-state index is 13.4. The molecule has 32 heavy (non-hydrogen) atoms. The van der Waals surface area contributed by atoms with E-state index in [1.165, 1.54) is 0 Å². The van der Waals surface area contributed by atoms with Gasteiger partial charge in [-0.25, -0.2) is 13.4 Å². The Morgan fingerprint density at radius 3 is 2.66 bits per heavy atom. The third-order valence-electron chi connectivity index (χ3n) is 6.68. The number of hydrogen-bond acceptors (Lipinski definition) is 5. The fraction of sp³-hybridized carbons (Fsp3) is 0.391. The SMILES string of the molecule is O=C(NCc1ccc(S(=O)(=O)N2CCCC23CCNCC3)cc1)c1ccc2nccn2c1. The van der Waals surface area contributed by atoms with Crippen LogP contribution in [0.25, 0.3) is 5.65 Å². The topological polar surface area (TPSA) is 95.8 Å². The van der Waals surface area contributed by atoms with E-state index in [4.69, 9.17) is 0 Å². The number of piperidine rings is 1. The Labute approximate surface area is 187 Å². The predicted octanol–water partition coefficient (Wildman–Crippen LogP) is 2.17. The van der Waals surface area contributed by atoms with Gasteiger partial charge in [0.05, 0.1) is 10.5 Å². The summed E-state index contributed by atoms with van der Waals surface area (Å²) in [5, 5.41) is 6.23. The van der Waals surface area contributed by atoms with Crippen LogP contribution in [0.4, 0.5) is 0 Å². The molecule has 0 atom stereocenters. The van der Waals surface area contributed by atoms with E-state index in [-0.39, 0.29) is 11.4 Å². The molecule has 2 saturated heterocycles. The van der Waals surface area contributed by atoms with Crippen LogP contribution < -0.4 is 10.6 Å². The largest absolute Gasteiger partial charge is 0.348 e. The highest BCUT2D eigenvalue weighted by atomic mass is 32.2. The zero-order valence-electron chi connectivity index (χ0n) is 17.8. The zero-order chi connectivity index (χ0) is 22.2. The Bertz CT molecular complexity index is 1230. The Morgan fingerprint density at radius 2 is 1.88 bits per heavy atom. The molecule has 2 N–H and O–H groups in total. The van der Waals surface area contributed by atoms with Crippen molar-refractivity contribution in [3.8, 4) is 0 Å². The highest BCUT2D eigenvalue weighted by molar-refractivity contribution is 7.89. The van der Waals surface area contributed by atoms with Crippen LogP contribution in [-0.4, -0.2) is 53.2 Å². The first kappa shape index (κ1) is 21.1. The summed E-state index contributed by atoms with van der Waals surface area (Å²) in [6.07, 6.45) is 8.78. The van der Waals surface area contributed by atoms with Crippen molar-refractivity contribution in [1.29, 1.82) is 0 Å². The molecule has 5 rings (SSSR count). The van der Waals surface area contributed by atoms with Crippen molar-refractivity contribution in [2.24, 2.45) is 0 Å². The summed E-state index contributed by atoms with van der Waals surface area (Å²) in [6.45, 7) is 2.62. The second-order valence-electron chi connectivity index (χ2n) is 8.59. The molecule has 2 aliphatic heterocycles. The van der Waals surface area contributed by atoms with Crippen LogP contribution in [0.3, 0.4) is 0 Å². The molecule has 3 aromatic rings. The monoisotopic (exact) mass is 453 g/mol. The highest BCUT2D eigenvalue weighted by Gasteiger charge is 2.47. The second-order valence-corrected chi connectivity index (χ2v) is 10.5. The average Bonchev–Trinajstić information content (AvgIpc) is 3.45. The number of nitrogens with one attached hydrogen (secondary N) is 2. The first-order chi connectivity index (χ1) is 15.5. The molecule has 4 heterocycles. The number of sulfonamides is 1. The van der Waals surface area contributed by atoms with Crippen LogP contribution in [0.1, 0.15) is 41.6 Å². The normalized spacial score (nSPS) is 18.9. The molecule has 1 aromatic carbocycles. The molecule has 9 heteroatoms. The third-order valence-corrected chi connectivity index (χ3v) is 8.70. The van der Waals surface area contributed by atoms with E-state index in [0.29, 0.717) is 23.5 Å². The molecule has 0 saturated carbocycles. The van der Waals surface area contributed by atoms with Crippen LogP contribution in [0.15, 0.2) is 59.9 Å². The summed E-state index contributed by atoms with van der Waals surface area (Å²) in [5.41, 5.74) is 1.92. The van der Waals surface area contributed by atoms with Crippen molar-refractivity contribution in [3.05, 3.63) is 66.1 Å². The van der Waals surface area contributed by atoms with Gasteiger partial charge in [-0.3, -0.25) is 4.79 Å². The van der Waals surface area contributed by atoms with E-state index in [1.807, 2.05) is 0 Å². The number of rotatable bonds is 5. The van der Waals surface area contributed by atoms with Crippen molar-refractivity contribution >= 4 is 21.6 Å². The molecule has 1 spiro atoms. The van der Waals surface area contributed by atoms with E-state index in [1.54, 1.807) is 63.7 Å². The summed E-state index contributed by atoms with van der Waals surface area (Å²) >= 11 is 0. The van der Waals surface area contributed by atoms with Gasteiger partial charge in [-0.1, -0.05) is 12.1 Å². The number of pyridine rings is 1. The fourth-order valence-electron chi connectivity index (χ4n) is 4.93. The molecule has 0 unspecified atom stereocenters. The standard InChI is InChI=1S/C23H27N5O3S/c29-22(19-4-7-21-25-13-15-27(21)17-19)26-16-18-2-5-20(6-3-18)32(30,31)28-14-1-8-23(28)9-11-24-12-10-23/h2-7,13,15,17,24H,1,8-12,14,16H2,(H,26,29). The van der Waals surface area contributed by atoms with Gasteiger partial charge in [0.1, 0.15) is 5.65 Å². The molecular weight excluding hydrogens is 426 g/mol. The Hall–Kier alpha value is -2.75. The van der Waals surface area contributed by atoms with Gasteiger partial charge >= 0.3 is 0 Å². The van der Waals surface area contributed by atoms with Crippen LogP contribution in [0.2, 0.25) is 0 Å². The Balaban J connectivity index is 1.27. The van der Waals surface area contributed by atoms with Gasteiger partial charge in [-0.05, 0) is 68.6 Å². The molecule has 2 fully saturated rings. The van der Waals surface area contributed by atoms with Crippen molar-refractivity contribution in [2.45, 2.75) is 42.7 Å². The van der Waals surface area contributed by atoms with Gasteiger partial charge in [0.2, 0.25) is 10.0 Å². The second kappa shape index (κ2) is 8.31. The maximum Gasteiger partial charge on any atom is 0.253 e. The number of carbonyl (C=O) groups excluding carboxylic acids is 1. The first-order valence-corrected chi connectivity index (χ1v) is 12.5. The summed E-state index contributed by atoms with van der Waals surface area (Å²) in [6, 6.07) is 10.4. The molecule has 0 aliphatic carbocycles. The number of carbonyl (C=O) groups is 1. The lowest BCUT2D eigenvalue weighted by atomic mass is 9.87. The Kier molecular flexibility index (Phi) is 5.48. The molecule has 168 valence electrons. The lowest BCUT2D eigenvalue weighted by Crippen LogP contribution is -2.52. The van der Waals surface area contributed by atoms with E-state index < -0.39 is 10.0 Å². The summed E-state index contributed by atoms with van der Waals surface area (Å²) in [7, 11) is -3.54. The number of nitrogens with zero attached hydrogens (tertiary/aromatic N) is 3. The van der Waals surface area contributed by atoms with Crippen LogP contribution in [0, 0.1) is 0 Å². The number of imidazole rings is 1. The summed E-state index contributed by atoms with van der Waals surface area (Å²) in [4.78, 5) is 17.0. The number of fused-ring (bicyclic) bond motifs is 1.